The second-order valence-corrected chi connectivity index (χ2v) is 10.2. The third kappa shape index (κ3) is 5.39. The maximum atomic E-state index is 13.3. The summed E-state index contributed by atoms with van der Waals surface area (Å²) in [7, 11) is 1.98. The molecule has 0 saturated carbocycles. The summed E-state index contributed by atoms with van der Waals surface area (Å²) in [4.78, 5) is 8.14. The highest BCUT2D eigenvalue weighted by atomic mass is 32.2. The van der Waals surface area contributed by atoms with Gasteiger partial charge in [0.15, 0.2) is 0 Å². The molecular formula is C29H33FN4S. The number of hydrogen-bond acceptors (Lipinski definition) is 4. The molecule has 4 aromatic rings. The molecule has 4 nitrogen and oxygen atoms in total. The van der Waals surface area contributed by atoms with Gasteiger partial charge in [-0.3, -0.25) is 0 Å². The lowest BCUT2D eigenvalue weighted by Crippen LogP contribution is -2.34. The fourth-order valence-electron chi connectivity index (χ4n) is 5.19. The van der Waals surface area contributed by atoms with Crippen molar-refractivity contribution in [3.8, 4) is 11.4 Å². The molecule has 1 aromatic heterocycles. The van der Waals surface area contributed by atoms with Crippen LogP contribution in [0, 0.1) is 6.92 Å². The zero-order valence-corrected chi connectivity index (χ0v) is 21.3. The van der Waals surface area contributed by atoms with Crippen molar-refractivity contribution in [2.45, 2.75) is 43.5 Å². The second-order valence-electron chi connectivity index (χ2n) is 9.53. The lowest BCUT2D eigenvalue weighted by molar-refractivity contribution is 0.207. The molecular weight excluding hydrogens is 455 g/mol. The lowest BCUT2D eigenvalue weighted by atomic mass is 9.89. The molecule has 3 aromatic carbocycles. The summed E-state index contributed by atoms with van der Waals surface area (Å²) in [5.41, 5.74) is 6.90. The van der Waals surface area contributed by atoms with E-state index in [0.717, 1.165) is 55.0 Å². The summed E-state index contributed by atoms with van der Waals surface area (Å²) in [5.74, 6) is 1.60. The summed E-state index contributed by atoms with van der Waals surface area (Å²) in [5, 5.41) is 3.26. The van der Waals surface area contributed by atoms with E-state index in [4.69, 9.17) is 4.98 Å². The van der Waals surface area contributed by atoms with Gasteiger partial charge in [-0.15, -0.1) is 0 Å². The predicted octanol–water partition coefficient (Wildman–Crippen LogP) is 7.30. The number of halogens is 1. The summed E-state index contributed by atoms with van der Waals surface area (Å²) < 4.78 is 15.6. The Labute approximate surface area is 211 Å². The Morgan fingerprint density at radius 1 is 1.00 bits per heavy atom. The number of nitrogens with zero attached hydrogens (tertiary/aromatic N) is 3. The molecule has 0 atom stereocenters. The van der Waals surface area contributed by atoms with Crippen LogP contribution in [0.1, 0.15) is 36.3 Å². The average Bonchev–Trinajstić information content (AvgIpc) is 3.27. The van der Waals surface area contributed by atoms with Crippen LogP contribution in [0.15, 0.2) is 71.6 Å². The van der Waals surface area contributed by atoms with E-state index < -0.39 is 0 Å². The number of nitrogens with one attached hydrogen (secondary N) is 1. The number of fused-ring (bicyclic) bond motifs is 1. The molecule has 1 N–H and O–H groups in total. The van der Waals surface area contributed by atoms with Gasteiger partial charge in [-0.05, 0) is 87.6 Å². The van der Waals surface area contributed by atoms with Crippen molar-refractivity contribution in [2.24, 2.45) is 0 Å². The van der Waals surface area contributed by atoms with E-state index in [2.05, 4.69) is 70.2 Å². The molecule has 0 radical (unpaired) electrons. The number of rotatable bonds is 8. The zero-order valence-electron chi connectivity index (χ0n) is 20.5. The highest BCUT2D eigenvalue weighted by molar-refractivity contribution is 7.94. The summed E-state index contributed by atoms with van der Waals surface area (Å²) >= 11 is 0.293. The van der Waals surface area contributed by atoms with E-state index in [1.165, 1.54) is 29.7 Å². The molecule has 1 aliphatic rings. The SMILES string of the molecule is CNc1cccc(C2CCN(CCCn3c(-c4ccc(C)cc4)nc4ccc(SF)cc43)CC2)c1. The molecule has 2 heterocycles. The standard InChI is InChI=1S/C29H33FN4S/c1-21-7-9-23(10-8-21)29-32-27-12-11-26(35-30)20-28(27)34(29)16-4-15-33-17-13-22(14-18-33)24-5-3-6-25(19-24)31-2/h3,5-12,19-20,22,31H,4,13-18H2,1-2H3. The van der Waals surface area contributed by atoms with Crippen LogP contribution < -0.4 is 5.32 Å². The minimum absolute atomic E-state index is 0.293. The van der Waals surface area contributed by atoms with Gasteiger partial charge in [-0.2, -0.15) is 3.89 Å². The number of benzene rings is 3. The Morgan fingerprint density at radius 3 is 2.54 bits per heavy atom. The van der Waals surface area contributed by atoms with Crippen molar-refractivity contribution < 1.29 is 3.89 Å². The van der Waals surface area contributed by atoms with Gasteiger partial charge in [0.2, 0.25) is 0 Å². The van der Waals surface area contributed by atoms with Gasteiger partial charge in [-0.1, -0.05) is 42.0 Å². The Hall–Kier alpha value is -2.83. The largest absolute Gasteiger partial charge is 0.388 e. The van der Waals surface area contributed by atoms with Crippen LogP contribution in [0.25, 0.3) is 22.4 Å². The first kappa shape index (κ1) is 23.9. The first-order valence-electron chi connectivity index (χ1n) is 12.5. The van der Waals surface area contributed by atoms with E-state index in [0.29, 0.717) is 23.0 Å². The van der Waals surface area contributed by atoms with Crippen LogP contribution in [0.5, 0.6) is 0 Å². The van der Waals surface area contributed by atoms with Crippen molar-refractivity contribution >= 4 is 28.9 Å². The Bertz CT molecular complexity index is 1280. The number of likely N-dealkylation sites (tertiary alicyclic amines) is 1. The van der Waals surface area contributed by atoms with Gasteiger partial charge in [0.1, 0.15) is 5.82 Å². The summed E-state index contributed by atoms with van der Waals surface area (Å²) in [6, 6.07) is 23.0. The average molecular weight is 489 g/mol. The number of piperidine rings is 1. The van der Waals surface area contributed by atoms with Crippen molar-refractivity contribution in [2.75, 3.05) is 32.0 Å². The fraction of sp³-hybridized carbons (Fsp3) is 0.345. The maximum absolute atomic E-state index is 13.3. The highest BCUT2D eigenvalue weighted by Gasteiger charge is 2.21. The number of imidazole rings is 1. The van der Waals surface area contributed by atoms with E-state index in [-0.39, 0.29) is 0 Å². The number of aryl methyl sites for hydroxylation is 2. The number of anilines is 1. The van der Waals surface area contributed by atoms with Gasteiger partial charge >= 0.3 is 0 Å². The van der Waals surface area contributed by atoms with Gasteiger partial charge in [-0.25, -0.2) is 4.98 Å². The highest BCUT2D eigenvalue weighted by Crippen LogP contribution is 2.31. The Balaban J connectivity index is 1.26. The van der Waals surface area contributed by atoms with Crippen molar-refractivity contribution in [1.82, 2.24) is 14.5 Å². The van der Waals surface area contributed by atoms with E-state index in [9.17, 15) is 3.89 Å². The maximum Gasteiger partial charge on any atom is 0.141 e. The van der Waals surface area contributed by atoms with Crippen LogP contribution >= 0.6 is 12.1 Å². The van der Waals surface area contributed by atoms with Crippen molar-refractivity contribution in [3.63, 3.8) is 0 Å². The quantitative estimate of drug-likeness (QED) is 0.282. The minimum Gasteiger partial charge on any atom is -0.388 e. The molecule has 1 aliphatic heterocycles. The summed E-state index contributed by atoms with van der Waals surface area (Å²) in [6.07, 6.45) is 3.44. The second kappa shape index (κ2) is 10.8. The van der Waals surface area contributed by atoms with E-state index in [1.807, 2.05) is 19.2 Å². The summed E-state index contributed by atoms with van der Waals surface area (Å²) in [6.45, 7) is 6.29. The molecule has 0 spiro atoms. The fourth-order valence-corrected chi connectivity index (χ4v) is 5.47. The zero-order chi connectivity index (χ0) is 24.2. The van der Waals surface area contributed by atoms with Crippen LogP contribution in [0.4, 0.5) is 9.57 Å². The minimum atomic E-state index is 0.293. The molecule has 0 amide bonds. The van der Waals surface area contributed by atoms with Crippen LogP contribution in [0.2, 0.25) is 0 Å². The smallest absolute Gasteiger partial charge is 0.141 e. The molecule has 6 heteroatoms. The van der Waals surface area contributed by atoms with Crippen LogP contribution in [0.3, 0.4) is 0 Å². The molecule has 5 rings (SSSR count). The topological polar surface area (TPSA) is 33.1 Å². The normalized spacial score (nSPS) is 15.1. The van der Waals surface area contributed by atoms with Gasteiger partial charge in [0.05, 0.1) is 23.2 Å². The van der Waals surface area contributed by atoms with E-state index in [1.54, 1.807) is 6.07 Å². The number of hydrogen-bond donors (Lipinski definition) is 1. The monoisotopic (exact) mass is 488 g/mol. The van der Waals surface area contributed by atoms with Gasteiger partial charge in [0, 0.05) is 29.7 Å². The molecule has 182 valence electrons. The molecule has 0 unspecified atom stereocenters. The predicted molar refractivity (Wildman–Crippen MR) is 146 cm³/mol. The van der Waals surface area contributed by atoms with Gasteiger partial charge in [0.25, 0.3) is 0 Å². The first-order chi connectivity index (χ1) is 17.1. The van der Waals surface area contributed by atoms with Crippen molar-refractivity contribution in [3.05, 3.63) is 77.9 Å². The molecule has 0 aliphatic carbocycles. The van der Waals surface area contributed by atoms with Crippen molar-refractivity contribution in [1.29, 1.82) is 0 Å². The molecule has 1 fully saturated rings. The lowest BCUT2D eigenvalue weighted by Gasteiger charge is -2.32. The van der Waals surface area contributed by atoms with E-state index >= 15 is 0 Å². The Kier molecular flexibility index (Phi) is 7.40. The number of aromatic nitrogens is 2. The Morgan fingerprint density at radius 2 is 1.80 bits per heavy atom. The third-order valence-corrected chi connectivity index (χ3v) is 7.64. The molecule has 35 heavy (non-hydrogen) atoms. The molecule has 1 saturated heterocycles. The molecule has 0 bridgehead atoms. The third-order valence-electron chi connectivity index (χ3n) is 7.21. The van der Waals surface area contributed by atoms with Crippen LogP contribution in [-0.4, -0.2) is 41.1 Å². The van der Waals surface area contributed by atoms with Gasteiger partial charge < -0.3 is 14.8 Å². The first-order valence-corrected chi connectivity index (χ1v) is 13.2. The van der Waals surface area contributed by atoms with Crippen LogP contribution in [-0.2, 0) is 6.54 Å².